The number of halogens is 1. The summed E-state index contributed by atoms with van der Waals surface area (Å²) in [5.74, 6) is 0.593. The van der Waals surface area contributed by atoms with Crippen molar-refractivity contribution in [2.75, 3.05) is 5.32 Å². The van der Waals surface area contributed by atoms with E-state index in [-0.39, 0.29) is 11.7 Å². The molecule has 0 saturated carbocycles. The van der Waals surface area contributed by atoms with Gasteiger partial charge in [0.2, 0.25) is 5.82 Å². The second-order valence-electron chi connectivity index (χ2n) is 4.33. The van der Waals surface area contributed by atoms with E-state index in [0.29, 0.717) is 0 Å². The molecule has 2 aromatic rings. The first-order valence-corrected chi connectivity index (χ1v) is 6.87. The molecule has 0 spiro atoms. The molecule has 0 aliphatic rings. The van der Waals surface area contributed by atoms with Gasteiger partial charge in [-0.2, -0.15) is 0 Å². The molecule has 5 nitrogen and oxygen atoms in total. The SMILES string of the molecule is CCCc1nc(C(=O)Nc2cc(C)cc(Br)c2)n[nH]1. The van der Waals surface area contributed by atoms with E-state index >= 15 is 0 Å². The molecule has 0 saturated heterocycles. The van der Waals surface area contributed by atoms with Crippen LogP contribution in [0.5, 0.6) is 0 Å². The third-order valence-electron chi connectivity index (χ3n) is 2.52. The number of carbonyl (C=O) groups excluding carboxylic acids is 1. The number of anilines is 1. The number of H-pyrrole nitrogens is 1. The molecule has 1 heterocycles. The van der Waals surface area contributed by atoms with Crippen LogP contribution >= 0.6 is 15.9 Å². The molecule has 2 rings (SSSR count). The van der Waals surface area contributed by atoms with Crippen molar-refractivity contribution in [2.45, 2.75) is 26.7 Å². The molecule has 19 heavy (non-hydrogen) atoms. The molecule has 6 heteroatoms. The van der Waals surface area contributed by atoms with Crippen LogP contribution < -0.4 is 5.32 Å². The van der Waals surface area contributed by atoms with Gasteiger partial charge in [-0.05, 0) is 37.1 Å². The van der Waals surface area contributed by atoms with Gasteiger partial charge < -0.3 is 5.32 Å². The van der Waals surface area contributed by atoms with Gasteiger partial charge in [0.05, 0.1) is 0 Å². The third-order valence-corrected chi connectivity index (χ3v) is 2.98. The summed E-state index contributed by atoms with van der Waals surface area (Å²) in [7, 11) is 0. The molecule has 0 unspecified atom stereocenters. The lowest BCUT2D eigenvalue weighted by Gasteiger charge is -2.04. The number of aromatic nitrogens is 3. The summed E-state index contributed by atoms with van der Waals surface area (Å²) in [6.07, 6.45) is 1.75. The van der Waals surface area contributed by atoms with Crippen LogP contribution in [-0.2, 0) is 6.42 Å². The Hall–Kier alpha value is -1.69. The minimum Gasteiger partial charge on any atom is -0.319 e. The van der Waals surface area contributed by atoms with Crippen molar-refractivity contribution in [1.29, 1.82) is 0 Å². The Morgan fingerprint density at radius 2 is 2.21 bits per heavy atom. The first-order valence-electron chi connectivity index (χ1n) is 6.08. The third kappa shape index (κ3) is 3.64. The Bertz CT molecular complexity index is 574. The van der Waals surface area contributed by atoms with E-state index in [4.69, 9.17) is 0 Å². The first kappa shape index (κ1) is 13.7. The maximum atomic E-state index is 12.0. The van der Waals surface area contributed by atoms with Crippen molar-refractivity contribution >= 4 is 27.5 Å². The van der Waals surface area contributed by atoms with Gasteiger partial charge >= 0.3 is 0 Å². The standard InChI is InChI=1S/C13H15BrN4O/c1-3-4-11-16-12(18-17-11)13(19)15-10-6-8(2)5-9(14)7-10/h5-7H,3-4H2,1-2H3,(H,15,19)(H,16,17,18). The van der Waals surface area contributed by atoms with E-state index in [2.05, 4.69) is 36.4 Å². The van der Waals surface area contributed by atoms with Gasteiger partial charge in [0, 0.05) is 16.6 Å². The van der Waals surface area contributed by atoms with Gasteiger partial charge in [0.25, 0.3) is 5.91 Å². The predicted molar refractivity (Wildman–Crippen MR) is 77.2 cm³/mol. The number of aromatic amines is 1. The number of amides is 1. The molecule has 1 aromatic carbocycles. The molecular weight excluding hydrogens is 308 g/mol. The first-order chi connectivity index (χ1) is 9.08. The van der Waals surface area contributed by atoms with E-state index in [1.165, 1.54) is 0 Å². The van der Waals surface area contributed by atoms with Crippen molar-refractivity contribution in [2.24, 2.45) is 0 Å². The van der Waals surface area contributed by atoms with Crippen LogP contribution in [0.25, 0.3) is 0 Å². The van der Waals surface area contributed by atoms with Crippen LogP contribution in [0.1, 0.15) is 35.4 Å². The van der Waals surface area contributed by atoms with Crippen LogP contribution in [0.2, 0.25) is 0 Å². The zero-order valence-electron chi connectivity index (χ0n) is 10.8. The second kappa shape index (κ2) is 5.97. The zero-order chi connectivity index (χ0) is 13.8. The average Bonchev–Trinajstić information content (AvgIpc) is 2.76. The Morgan fingerprint density at radius 1 is 1.42 bits per heavy atom. The van der Waals surface area contributed by atoms with Crippen molar-refractivity contribution in [1.82, 2.24) is 15.2 Å². The highest BCUT2D eigenvalue weighted by molar-refractivity contribution is 9.10. The summed E-state index contributed by atoms with van der Waals surface area (Å²) in [5.41, 5.74) is 1.78. The van der Waals surface area contributed by atoms with Gasteiger partial charge in [0.15, 0.2) is 0 Å². The maximum absolute atomic E-state index is 12.0. The van der Waals surface area contributed by atoms with Crippen molar-refractivity contribution in [3.8, 4) is 0 Å². The summed E-state index contributed by atoms with van der Waals surface area (Å²) < 4.78 is 0.921. The van der Waals surface area contributed by atoms with Crippen LogP contribution in [0.15, 0.2) is 22.7 Å². The zero-order valence-corrected chi connectivity index (χ0v) is 12.4. The van der Waals surface area contributed by atoms with E-state index < -0.39 is 0 Å². The lowest BCUT2D eigenvalue weighted by molar-refractivity contribution is 0.101. The highest BCUT2D eigenvalue weighted by Gasteiger charge is 2.12. The highest BCUT2D eigenvalue weighted by atomic mass is 79.9. The Morgan fingerprint density at radius 3 is 2.89 bits per heavy atom. The molecular formula is C13H15BrN4O. The molecule has 0 radical (unpaired) electrons. The maximum Gasteiger partial charge on any atom is 0.295 e. The van der Waals surface area contributed by atoms with Gasteiger partial charge in [-0.3, -0.25) is 9.89 Å². The van der Waals surface area contributed by atoms with E-state index in [9.17, 15) is 4.79 Å². The number of hydrogen-bond acceptors (Lipinski definition) is 3. The van der Waals surface area contributed by atoms with Gasteiger partial charge in [-0.1, -0.05) is 22.9 Å². The summed E-state index contributed by atoms with van der Waals surface area (Å²) in [6.45, 7) is 4.01. The summed E-state index contributed by atoms with van der Waals surface area (Å²) in [6, 6.07) is 5.70. The number of benzene rings is 1. The summed E-state index contributed by atoms with van der Waals surface area (Å²) >= 11 is 3.40. The predicted octanol–water partition coefficient (Wildman–Crippen LogP) is 3.08. The molecule has 2 N–H and O–H groups in total. The molecule has 0 atom stereocenters. The second-order valence-corrected chi connectivity index (χ2v) is 5.24. The van der Waals surface area contributed by atoms with Crippen LogP contribution in [-0.4, -0.2) is 21.1 Å². The largest absolute Gasteiger partial charge is 0.319 e. The molecule has 0 bridgehead atoms. The molecule has 100 valence electrons. The van der Waals surface area contributed by atoms with E-state index in [1.807, 2.05) is 32.0 Å². The number of hydrogen-bond donors (Lipinski definition) is 2. The van der Waals surface area contributed by atoms with Crippen molar-refractivity contribution in [3.05, 3.63) is 39.9 Å². The number of rotatable bonds is 4. The number of aryl methyl sites for hydroxylation is 2. The fourth-order valence-corrected chi connectivity index (χ4v) is 2.35. The number of carbonyl (C=O) groups is 1. The smallest absolute Gasteiger partial charge is 0.295 e. The monoisotopic (exact) mass is 322 g/mol. The molecule has 1 aromatic heterocycles. The van der Waals surface area contributed by atoms with E-state index in [0.717, 1.165) is 34.4 Å². The Balaban J connectivity index is 2.11. The Labute approximate surface area is 120 Å². The molecule has 0 aliphatic carbocycles. The minimum atomic E-state index is -0.309. The van der Waals surface area contributed by atoms with Crippen LogP contribution in [0.3, 0.4) is 0 Å². The summed E-state index contributed by atoms with van der Waals surface area (Å²) in [5, 5.41) is 9.46. The molecule has 0 aliphatic heterocycles. The number of nitrogens with zero attached hydrogens (tertiary/aromatic N) is 2. The fraction of sp³-hybridized carbons (Fsp3) is 0.308. The van der Waals surface area contributed by atoms with E-state index in [1.54, 1.807) is 0 Å². The molecule has 1 amide bonds. The summed E-state index contributed by atoms with van der Waals surface area (Å²) in [4.78, 5) is 16.1. The van der Waals surface area contributed by atoms with Crippen molar-refractivity contribution in [3.63, 3.8) is 0 Å². The van der Waals surface area contributed by atoms with Gasteiger partial charge in [0.1, 0.15) is 5.82 Å². The normalized spacial score (nSPS) is 10.5. The minimum absolute atomic E-state index is 0.168. The topological polar surface area (TPSA) is 70.7 Å². The van der Waals surface area contributed by atoms with Gasteiger partial charge in [-0.15, -0.1) is 5.10 Å². The quantitative estimate of drug-likeness (QED) is 0.908. The highest BCUT2D eigenvalue weighted by Crippen LogP contribution is 2.19. The number of nitrogens with one attached hydrogen (secondary N) is 2. The Kier molecular flexibility index (Phi) is 4.31. The molecule has 0 fully saturated rings. The lowest BCUT2D eigenvalue weighted by atomic mass is 10.2. The average molecular weight is 323 g/mol. The van der Waals surface area contributed by atoms with Gasteiger partial charge in [-0.25, -0.2) is 4.98 Å². The fourth-order valence-electron chi connectivity index (χ4n) is 1.74. The lowest BCUT2D eigenvalue weighted by Crippen LogP contribution is -2.14. The van der Waals surface area contributed by atoms with Crippen LogP contribution in [0, 0.1) is 6.92 Å². The van der Waals surface area contributed by atoms with Crippen molar-refractivity contribution < 1.29 is 4.79 Å². The van der Waals surface area contributed by atoms with Crippen LogP contribution in [0.4, 0.5) is 5.69 Å².